The molecule has 2 N–H and O–H groups in total. The fraction of sp³-hybridized carbons (Fsp3) is 0.385. The van der Waals surface area contributed by atoms with Gasteiger partial charge in [0.2, 0.25) is 0 Å². The van der Waals surface area contributed by atoms with Gasteiger partial charge in [-0.15, -0.1) is 11.3 Å². The predicted octanol–water partition coefficient (Wildman–Crippen LogP) is 2.86. The summed E-state index contributed by atoms with van der Waals surface area (Å²) in [7, 11) is 0. The van der Waals surface area contributed by atoms with Crippen LogP contribution < -0.4 is 5.73 Å². The van der Waals surface area contributed by atoms with Crippen LogP contribution in [0.5, 0.6) is 0 Å². The largest absolute Gasteiger partial charge is 0.396 e. The van der Waals surface area contributed by atoms with Crippen LogP contribution in [0.2, 0.25) is 4.34 Å². The number of anilines is 1. The number of nitrogen functional groups attached to an aromatic ring is 1. The van der Waals surface area contributed by atoms with Crippen LogP contribution in [0.3, 0.4) is 0 Å². The van der Waals surface area contributed by atoms with Crippen molar-refractivity contribution in [3.63, 3.8) is 0 Å². The van der Waals surface area contributed by atoms with E-state index >= 15 is 0 Å². The van der Waals surface area contributed by atoms with E-state index in [1.54, 1.807) is 15.8 Å². The summed E-state index contributed by atoms with van der Waals surface area (Å²) >= 11 is 7.38. The van der Waals surface area contributed by atoms with Crippen LogP contribution in [0, 0.1) is 0 Å². The molecule has 2 heterocycles. The van der Waals surface area contributed by atoms with Crippen molar-refractivity contribution < 1.29 is 4.79 Å². The molecule has 1 amide bonds. The zero-order valence-electron chi connectivity index (χ0n) is 11.5. The van der Waals surface area contributed by atoms with Gasteiger partial charge in [0.15, 0.2) is 5.69 Å². The summed E-state index contributed by atoms with van der Waals surface area (Å²) in [4.78, 5) is 15.2. The van der Waals surface area contributed by atoms with E-state index in [0.29, 0.717) is 31.0 Å². The van der Waals surface area contributed by atoms with Crippen molar-refractivity contribution in [2.75, 3.05) is 12.3 Å². The smallest absolute Gasteiger partial charge is 0.276 e. The number of carbonyl (C=O) groups excluding carboxylic acids is 1. The number of hydrogen-bond donors (Lipinski definition) is 1. The molecule has 0 saturated heterocycles. The van der Waals surface area contributed by atoms with Crippen molar-refractivity contribution in [3.05, 3.63) is 33.2 Å². The van der Waals surface area contributed by atoms with Gasteiger partial charge in [0, 0.05) is 24.2 Å². The van der Waals surface area contributed by atoms with E-state index in [4.69, 9.17) is 17.3 Å². The van der Waals surface area contributed by atoms with Crippen molar-refractivity contribution in [3.8, 4) is 0 Å². The van der Waals surface area contributed by atoms with Gasteiger partial charge in [-0.2, -0.15) is 5.10 Å². The number of nitrogens with two attached hydrogens (primary N) is 1. The lowest BCUT2D eigenvalue weighted by Gasteiger charge is -2.19. The molecule has 2 rings (SSSR count). The van der Waals surface area contributed by atoms with Crippen LogP contribution in [0.4, 0.5) is 5.69 Å². The molecule has 2 aromatic heterocycles. The number of aryl methyl sites for hydroxylation is 1. The number of hydrogen-bond acceptors (Lipinski definition) is 4. The fourth-order valence-electron chi connectivity index (χ4n) is 1.87. The summed E-state index contributed by atoms with van der Waals surface area (Å²) in [5, 5.41) is 4.22. The molecule has 0 bridgehead atoms. The van der Waals surface area contributed by atoms with E-state index in [9.17, 15) is 4.79 Å². The Morgan fingerprint density at radius 3 is 2.75 bits per heavy atom. The van der Waals surface area contributed by atoms with E-state index in [1.165, 1.54) is 11.3 Å². The highest BCUT2D eigenvalue weighted by atomic mass is 35.5. The first-order chi connectivity index (χ1) is 9.55. The lowest BCUT2D eigenvalue weighted by atomic mass is 10.3. The number of thiophene rings is 1. The van der Waals surface area contributed by atoms with Crippen LogP contribution in [-0.2, 0) is 13.1 Å². The lowest BCUT2D eigenvalue weighted by Crippen LogP contribution is -2.31. The van der Waals surface area contributed by atoms with Crippen molar-refractivity contribution in [1.82, 2.24) is 14.7 Å². The zero-order chi connectivity index (χ0) is 14.7. The van der Waals surface area contributed by atoms with E-state index in [1.807, 2.05) is 26.0 Å². The van der Waals surface area contributed by atoms with Gasteiger partial charge in [0.25, 0.3) is 5.91 Å². The van der Waals surface area contributed by atoms with Gasteiger partial charge in [-0.3, -0.25) is 9.48 Å². The van der Waals surface area contributed by atoms with Crippen molar-refractivity contribution >= 4 is 34.5 Å². The maximum atomic E-state index is 12.5. The van der Waals surface area contributed by atoms with Gasteiger partial charge in [-0.05, 0) is 26.0 Å². The molecule has 0 atom stereocenters. The maximum Gasteiger partial charge on any atom is 0.276 e. The quantitative estimate of drug-likeness (QED) is 0.923. The van der Waals surface area contributed by atoms with Crippen LogP contribution in [-0.4, -0.2) is 27.1 Å². The second kappa shape index (κ2) is 6.28. The Balaban J connectivity index is 2.17. The van der Waals surface area contributed by atoms with Crippen molar-refractivity contribution in [2.45, 2.75) is 26.9 Å². The van der Waals surface area contributed by atoms with Crippen LogP contribution in [0.1, 0.15) is 29.2 Å². The van der Waals surface area contributed by atoms with Crippen LogP contribution in [0.25, 0.3) is 0 Å². The summed E-state index contributed by atoms with van der Waals surface area (Å²) in [6.45, 7) is 5.67. The maximum absolute atomic E-state index is 12.5. The molecule has 0 aliphatic heterocycles. The molecule has 0 spiro atoms. The van der Waals surface area contributed by atoms with Crippen LogP contribution in [0.15, 0.2) is 18.3 Å². The summed E-state index contributed by atoms with van der Waals surface area (Å²) < 4.78 is 2.39. The molecule has 0 unspecified atom stereocenters. The van der Waals surface area contributed by atoms with Gasteiger partial charge in [-0.25, -0.2) is 0 Å². The number of aromatic nitrogens is 2. The average molecular weight is 313 g/mol. The molecule has 2 aromatic rings. The first-order valence-electron chi connectivity index (χ1n) is 6.41. The third-order valence-corrected chi connectivity index (χ3v) is 4.18. The standard InChI is InChI=1S/C13H17ClN4OS/c1-3-17(7-9-5-6-11(14)20-9)13(19)12-10(15)8-18(4-2)16-12/h5-6,8H,3-4,7,15H2,1-2H3. The van der Waals surface area contributed by atoms with Gasteiger partial charge in [-0.1, -0.05) is 11.6 Å². The molecule has 0 fully saturated rings. The Morgan fingerprint density at radius 1 is 1.50 bits per heavy atom. The van der Waals surface area contributed by atoms with Gasteiger partial charge in [0.1, 0.15) is 0 Å². The Bertz CT molecular complexity index is 607. The molecule has 0 aromatic carbocycles. The Hall–Kier alpha value is -1.53. The first kappa shape index (κ1) is 14.9. The topological polar surface area (TPSA) is 64.2 Å². The van der Waals surface area contributed by atoms with Gasteiger partial charge in [0.05, 0.1) is 16.6 Å². The average Bonchev–Trinajstić information content (AvgIpc) is 3.01. The lowest BCUT2D eigenvalue weighted by molar-refractivity contribution is 0.0748. The molecule has 108 valence electrons. The van der Waals surface area contributed by atoms with Gasteiger partial charge >= 0.3 is 0 Å². The third-order valence-electron chi connectivity index (χ3n) is 2.96. The number of amides is 1. The molecule has 0 saturated carbocycles. The molecular weight excluding hydrogens is 296 g/mol. The zero-order valence-corrected chi connectivity index (χ0v) is 13.0. The molecule has 5 nitrogen and oxygen atoms in total. The SMILES string of the molecule is CCN(Cc1ccc(Cl)s1)C(=O)c1nn(CC)cc1N. The van der Waals surface area contributed by atoms with Crippen LogP contribution >= 0.6 is 22.9 Å². The molecule has 20 heavy (non-hydrogen) atoms. The van der Waals surface area contributed by atoms with E-state index in [-0.39, 0.29) is 5.91 Å². The summed E-state index contributed by atoms with van der Waals surface area (Å²) in [5.74, 6) is -0.151. The minimum Gasteiger partial charge on any atom is -0.396 e. The van der Waals surface area contributed by atoms with Crippen molar-refractivity contribution in [1.29, 1.82) is 0 Å². The second-order valence-corrected chi connectivity index (χ2v) is 6.11. The predicted molar refractivity (Wildman–Crippen MR) is 82.1 cm³/mol. The van der Waals surface area contributed by atoms with E-state index in [2.05, 4.69) is 5.10 Å². The minimum absolute atomic E-state index is 0.151. The van der Waals surface area contributed by atoms with E-state index in [0.717, 1.165) is 9.21 Å². The number of carbonyl (C=O) groups is 1. The monoisotopic (exact) mass is 312 g/mol. The minimum atomic E-state index is -0.151. The summed E-state index contributed by atoms with van der Waals surface area (Å²) in [6, 6.07) is 3.76. The molecular formula is C13H17ClN4OS. The highest BCUT2D eigenvalue weighted by Gasteiger charge is 2.21. The third kappa shape index (κ3) is 3.13. The number of nitrogens with zero attached hydrogens (tertiary/aromatic N) is 3. The van der Waals surface area contributed by atoms with E-state index < -0.39 is 0 Å². The highest BCUT2D eigenvalue weighted by Crippen LogP contribution is 2.23. The number of halogens is 1. The Labute approximate surface area is 126 Å². The molecule has 0 aliphatic rings. The number of rotatable bonds is 5. The second-order valence-electron chi connectivity index (χ2n) is 4.31. The molecule has 0 aliphatic carbocycles. The van der Waals surface area contributed by atoms with Crippen molar-refractivity contribution in [2.24, 2.45) is 0 Å². The van der Waals surface area contributed by atoms with Gasteiger partial charge < -0.3 is 10.6 Å². The molecule has 0 radical (unpaired) electrons. The Kier molecular flexibility index (Phi) is 4.67. The summed E-state index contributed by atoms with van der Waals surface area (Å²) in [6.07, 6.45) is 1.68. The highest BCUT2D eigenvalue weighted by molar-refractivity contribution is 7.16. The summed E-state index contributed by atoms with van der Waals surface area (Å²) in [5.41, 5.74) is 6.59. The first-order valence-corrected chi connectivity index (χ1v) is 7.61. The fourth-order valence-corrected chi connectivity index (χ4v) is 2.97. The molecule has 7 heteroatoms. The Morgan fingerprint density at radius 2 is 2.25 bits per heavy atom. The normalized spacial score (nSPS) is 10.8.